The maximum Gasteiger partial charge on any atom is 0.0579 e. The highest BCUT2D eigenvalue weighted by Crippen LogP contribution is 2.28. The SMILES string of the molecule is CCCNC(c1ccc(C)c(C)c1)c1cc(Br)ccc1C. The second-order valence-electron chi connectivity index (χ2n) is 5.73. The molecule has 1 atom stereocenters. The Bertz CT molecular complexity index is 619. The minimum atomic E-state index is 0.252. The van der Waals surface area contributed by atoms with Gasteiger partial charge >= 0.3 is 0 Å². The Morgan fingerprint density at radius 2 is 1.67 bits per heavy atom. The van der Waals surface area contributed by atoms with Crippen molar-refractivity contribution in [2.75, 3.05) is 6.54 Å². The lowest BCUT2D eigenvalue weighted by atomic mass is 9.93. The molecule has 0 fully saturated rings. The van der Waals surface area contributed by atoms with Crippen LogP contribution in [-0.2, 0) is 0 Å². The molecular formula is C19H24BrN. The number of benzene rings is 2. The maximum absolute atomic E-state index is 3.70. The Morgan fingerprint density at radius 1 is 0.952 bits per heavy atom. The Morgan fingerprint density at radius 3 is 2.33 bits per heavy atom. The third-order valence-corrected chi connectivity index (χ3v) is 4.51. The molecule has 0 spiro atoms. The summed E-state index contributed by atoms with van der Waals surface area (Å²) >= 11 is 3.60. The van der Waals surface area contributed by atoms with Crippen LogP contribution in [0.25, 0.3) is 0 Å². The number of nitrogens with one attached hydrogen (secondary N) is 1. The highest BCUT2D eigenvalue weighted by Gasteiger charge is 2.16. The van der Waals surface area contributed by atoms with Crippen molar-refractivity contribution in [1.29, 1.82) is 0 Å². The van der Waals surface area contributed by atoms with Crippen LogP contribution in [0, 0.1) is 20.8 Å². The average Bonchev–Trinajstić information content (AvgIpc) is 2.46. The van der Waals surface area contributed by atoms with Crippen molar-refractivity contribution in [3.05, 3.63) is 68.7 Å². The van der Waals surface area contributed by atoms with Crippen LogP contribution >= 0.6 is 15.9 Å². The highest BCUT2D eigenvalue weighted by atomic mass is 79.9. The molecule has 2 aromatic rings. The molecule has 2 heteroatoms. The number of hydrogen-bond acceptors (Lipinski definition) is 1. The van der Waals surface area contributed by atoms with Gasteiger partial charge in [0.1, 0.15) is 0 Å². The van der Waals surface area contributed by atoms with Crippen molar-refractivity contribution in [3.8, 4) is 0 Å². The summed E-state index contributed by atoms with van der Waals surface area (Å²) in [7, 11) is 0. The zero-order chi connectivity index (χ0) is 15.4. The van der Waals surface area contributed by atoms with Crippen molar-refractivity contribution in [3.63, 3.8) is 0 Å². The third-order valence-electron chi connectivity index (χ3n) is 4.02. The van der Waals surface area contributed by atoms with Crippen LogP contribution in [0.5, 0.6) is 0 Å². The van der Waals surface area contributed by atoms with E-state index >= 15 is 0 Å². The van der Waals surface area contributed by atoms with Crippen LogP contribution in [0.4, 0.5) is 0 Å². The molecule has 0 saturated carbocycles. The van der Waals surface area contributed by atoms with Gasteiger partial charge in [-0.15, -0.1) is 0 Å². The van der Waals surface area contributed by atoms with E-state index in [0.29, 0.717) is 0 Å². The zero-order valence-electron chi connectivity index (χ0n) is 13.3. The maximum atomic E-state index is 3.70. The van der Waals surface area contributed by atoms with Crippen LogP contribution in [0.15, 0.2) is 40.9 Å². The number of aryl methyl sites for hydroxylation is 3. The van der Waals surface area contributed by atoms with Crippen LogP contribution in [-0.4, -0.2) is 6.54 Å². The van der Waals surface area contributed by atoms with Crippen molar-refractivity contribution < 1.29 is 0 Å². The first-order valence-corrected chi connectivity index (χ1v) is 8.38. The van der Waals surface area contributed by atoms with Gasteiger partial charge in [0.2, 0.25) is 0 Å². The van der Waals surface area contributed by atoms with E-state index in [1.165, 1.54) is 27.8 Å². The quantitative estimate of drug-likeness (QED) is 0.758. The van der Waals surface area contributed by atoms with Crippen molar-refractivity contribution in [2.24, 2.45) is 0 Å². The van der Waals surface area contributed by atoms with E-state index < -0.39 is 0 Å². The monoisotopic (exact) mass is 345 g/mol. The summed E-state index contributed by atoms with van der Waals surface area (Å²) in [5, 5.41) is 3.70. The molecule has 2 rings (SSSR count). The molecule has 1 N–H and O–H groups in total. The fourth-order valence-corrected chi connectivity index (χ4v) is 2.94. The van der Waals surface area contributed by atoms with E-state index in [0.717, 1.165) is 17.4 Å². The molecular weight excluding hydrogens is 322 g/mol. The second kappa shape index (κ2) is 7.24. The summed E-state index contributed by atoms with van der Waals surface area (Å²) in [4.78, 5) is 0. The van der Waals surface area contributed by atoms with Gasteiger partial charge < -0.3 is 5.32 Å². The molecule has 1 unspecified atom stereocenters. The lowest BCUT2D eigenvalue weighted by Gasteiger charge is -2.22. The summed E-state index contributed by atoms with van der Waals surface area (Å²) in [5.74, 6) is 0. The lowest BCUT2D eigenvalue weighted by Crippen LogP contribution is -2.24. The molecule has 0 amide bonds. The molecule has 0 bridgehead atoms. The Labute approximate surface area is 136 Å². The largest absolute Gasteiger partial charge is 0.306 e. The smallest absolute Gasteiger partial charge is 0.0579 e. The van der Waals surface area contributed by atoms with Crippen LogP contribution in [0.3, 0.4) is 0 Å². The van der Waals surface area contributed by atoms with Gasteiger partial charge in [-0.1, -0.05) is 47.1 Å². The standard InChI is InChI=1S/C19H24BrN/c1-5-10-21-19(16-8-6-13(2)15(4)11-16)18-12-17(20)9-7-14(18)3/h6-9,11-12,19,21H,5,10H2,1-4H3. The fraction of sp³-hybridized carbons (Fsp3) is 0.368. The Kier molecular flexibility index (Phi) is 5.60. The van der Waals surface area contributed by atoms with E-state index in [2.05, 4.69) is 85.3 Å². The molecule has 0 saturated heterocycles. The predicted molar refractivity (Wildman–Crippen MR) is 94.9 cm³/mol. The van der Waals surface area contributed by atoms with E-state index in [-0.39, 0.29) is 6.04 Å². The minimum absolute atomic E-state index is 0.252. The van der Waals surface area contributed by atoms with Crippen molar-refractivity contribution in [2.45, 2.75) is 40.2 Å². The molecule has 2 aromatic carbocycles. The molecule has 0 aliphatic rings. The van der Waals surface area contributed by atoms with Gasteiger partial charge in [-0.25, -0.2) is 0 Å². The van der Waals surface area contributed by atoms with Crippen LogP contribution in [0.2, 0.25) is 0 Å². The Hall–Kier alpha value is -1.12. The second-order valence-corrected chi connectivity index (χ2v) is 6.65. The van der Waals surface area contributed by atoms with Gasteiger partial charge in [-0.05, 0) is 73.7 Å². The summed E-state index contributed by atoms with van der Waals surface area (Å²) in [5.41, 5.74) is 6.71. The first-order valence-electron chi connectivity index (χ1n) is 7.59. The summed E-state index contributed by atoms with van der Waals surface area (Å²) < 4.78 is 1.13. The van der Waals surface area contributed by atoms with Gasteiger partial charge in [-0.3, -0.25) is 0 Å². The summed E-state index contributed by atoms with van der Waals surface area (Å²) in [6.45, 7) is 9.76. The molecule has 0 aliphatic heterocycles. The van der Waals surface area contributed by atoms with Crippen LogP contribution < -0.4 is 5.32 Å². The normalized spacial score (nSPS) is 12.4. The first kappa shape index (κ1) is 16.3. The van der Waals surface area contributed by atoms with Gasteiger partial charge in [-0.2, -0.15) is 0 Å². The summed E-state index contributed by atoms with van der Waals surface area (Å²) in [6, 6.07) is 13.5. The van der Waals surface area contributed by atoms with E-state index in [1.807, 2.05) is 0 Å². The molecule has 0 aliphatic carbocycles. The lowest BCUT2D eigenvalue weighted by molar-refractivity contribution is 0.595. The minimum Gasteiger partial charge on any atom is -0.306 e. The van der Waals surface area contributed by atoms with Gasteiger partial charge in [0.15, 0.2) is 0 Å². The third kappa shape index (κ3) is 3.96. The molecule has 0 aromatic heterocycles. The van der Waals surface area contributed by atoms with Gasteiger partial charge in [0.25, 0.3) is 0 Å². The molecule has 1 nitrogen and oxygen atoms in total. The topological polar surface area (TPSA) is 12.0 Å². The van der Waals surface area contributed by atoms with Gasteiger partial charge in [0.05, 0.1) is 6.04 Å². The summed E-state index contributed by atoms with van der Waals surface area (Å²) in [6.07, 6.45) is 1.13. The Balaban J connectivity index is 2.46. The number of hydrogen-bond donors (Lipinski definition) is 1. The zero-order valence-corrected chi connectivity index (χ0v) is 14.9. The predicted octanol–water partition coefficient (Wildman–Crippen LogP) is 5.46. The van der Waals surface area contributed by atoms with Crippen LogP contribution in [0.1, 0.15) is 47.2 Å². The molecule has 0 heterocycles. The average molecular weight is 346 g/mol. The van der Waals surface area contributed by atoms with E-state index in [4.69, 9.17) is 0 Å². The molecule has 21 heavy (non-hydrogen) atoms. The molecule has 112 valence electrons. The fourth-order valence-electron chi connectivity index (χ4n) is 2.56. The van der Waals surface area contributed by atoms with Crippen molar-refractivity contribution in [1.82, 2.24) is 5.32 Å². The van der Waals surface area contributed by atoms with Crippen molar-refractivity contribution >= 4 is 15.9 Å². The van der Waals surface area contributed by atoms with Gasteiger partial charge in [0, 0.05) is 4.47 Å². The number of halogens is 1. The number of rotatable bonds is 5. The first-order chi connectivity index (χ1) is 10.0. The highest BCUT2D eigenvalue weighted by molar-refractivity contribution is 9.10. The van der Waals surface area contributed by atoms with E-state index in [1.54, 1.807) is 0 Å². The molecule has 0 radical (unpaired) electrons. The van der Waals surface area contributed by atoms with E-state index in [9.17, 15) is 0 Å².